The number of nitriles is 1. The van der Waals surface area contributed by atoms with E-state index < -0.39 is 0 Å². The van der Waals surface area contributed by atoms with E-state index >= 15 is 0 Å². The van der Waals surface area contributed by atoms with Gasteiger partial charge in [0.15, 0.2) is 0 Å². The van der Waals surface area contributed by atoms with Crippen LogP contribution in [0.4, 0.5) is 17.1 Å². The topological polar surface area (TPSA) is 121 Å². The van der Waals surface area contributed by atoms with Gasteiger partial charge in [0, 0.05) is 11.6 Å². The van der Waals surface area contributed by atoms with Gasteiger partial charge in [-0.05, 0) is 37.6 Å². The molecule has 26 heavy (non-hydrogen) atoms. The van der Waals surface area contributed by atoms with Crippen molar-refractivity contribution in [2.45, 2.75) is 13.8 Å². The molecule has 0 atom stereocenters. The summed E-state index contributed by atoms with van der Waals surface area (Å²) in [6, 6.07) is 9.78. The lowest BCUT2D eigenvalue weighted by molar-refractivity contribution is 0.507. The van der Waals surface area contributed by atoms with Gasteiger partial charge < -0.3 is 4.74 Å². The van der Waals surface area contributed by atoms with Gasteiger partial charge in [-0.2, -0.15) is 15.0 Å². The van der Waals surface area contributed by atoms with Crippen LogP contribution in [0.25, 0.3) is 0 Å². The minimum Gasteiger partial charge on any atom is -0.388 e. The summed E-state index contributed by atoms with van der Waals surface area (Å²) < 4.78 is 4.56. The second-order valence-corrected chi connectivity index (χ2v) is 4.67. The number of hydrogen-bond acceptors (Lipinski definition) is 8. The second-order valence-electron chi connectivity index (χ2n) is 4.67. The summed E-state index contributed by atoms with van der Waals surface area (Å²) in [6.07, 6.45) is 5.82. The molecule has 2 aromatic carbocycles. The number of isocyanates is 3. The second kappa shape index (κ2) is 10.6. The standard InChI is InChI=1S/2C9H6N2O2/c1-7-2-3-8(13-5-10)4-9(7)11-6-12;1-7-8(10-5-12)3-2-4-9(7)11-6-13/h2*2-4H,1H3. The molecule has 8 nitrogen and oxygen atoms in total. The molecule has 0 radical (unpaired) electrons. The van der Waals surface area contributed by atoms with Crippen molar-refractivity contribution in [3.05, 3.63) is 47.5 Å². The minimum absolute atomic E-state index is 0.363. The van der Waals surface area contributed by atoms with Crippen molar-refractivity contribution in [1.29, 1.82) is 5.26 Å². The van der Waals surface area contributed by atoms with E-state index in [-0.39, 0.29) is 0 Å². The third kappa shape index (κ3) is 5.82. The molecule has 0 bridgehead atoms. The molecule has 0 spiro atoms. The van der Waals surface area contributed by atoms with Crippen molar-refractivity contribution < 1.29 is 19.1 Å². The number of hydrogen-bond donors (Lipinski definition) is 0. The van der Waals surface area contributed by atoms with E-state index in [0.29, 0.717) is 28.4 Å². The van der Waals surface area contributed by atoms with Crippen molar-refractivity contribution in [3.8, 4) is 12.0 Å². The molecular weight excluding hydrogens is 336 g/mol. The molecule has 128 valence electrons. The van der Waals surface area contributed by atoms with Gasteiger partial charge in [0.2, 0.25) is 18.2 Å². The number of aryl methyl sites for hydroxylation is 1. The molecule has 0 aromatic heterocycles. The zero-order valence-corrected chi connectivity index (χ0v) is 13.9. The van der Waals surface area contributed by atoms with Crippen LogP contribution in [-0.2, 0) is 14.4 Å². The first-order chi connectivity index (χ1) is 12.6. The number of nitrogens with zero attached hydrogens (tertiary/aromatic N) is 4. The predicted octanol–water partition coefficient (Wildman–Crippen LogP) is 3.75. The van der Waals surface area contributed by atoms with Crippen molar-refractivity contribution in [2.24, 2.45) is 15.0 Å². The SMILES string of the molecule is Cc1c(N=C=O)cccc1N=C=O.Cc1ccc(OC#N)cc1N=C=O. The van der Waals surface area contributed by atoms with Crippen LogP contribution in [0.5, 0.6) is 5.75 Å². The molecule has 0 amide bonds. The third-order valence-electron chi connectivity index (χ3n) is 3.12. The summed E-state index contributed by atoms with van der Waals surface area (Å²) in [5.74, 6) is 0.363. The van der Waals surface area contributed by atoms with E-state index in [1.54, 1.807) is 44.2 Å². The van der Waals surface area contributed by atoms with E-state index in [2.05, 4.69) is 19.7 Å². The fraction of sp³-hybridized carbons (Fsp3) is 0.111. The Labute approximate surface area is 148 Å². The molecule has 0 fully saturated rings. The van der Waals surface area contributed by atoms with E-state index in [1.165, 1.54) is 30.6 Å². The molecule has 0 saturated heterocycles. The summed E-state index contributed by atoms with van der Waals surface area (Å²) in [7, 11) is 0. The van der Waals surface area contributed by atoms with E-state index in [0.717, 1.165) is 5.56 Å². The average Bonchev–Trinajstić information content (AvgIpc) is 2.63. The molecular formula is C18H12N4O4. The number of rotatable bonds is 4. The van der Waals surface area contributed by atoms with E-state index in [4.69, 9.17) is 5.26 Å². The Hall–Kier alpha value is -4.13. The molecule has 0 saturated carbocycles. The van der Waals surface area contributed by atoms with Gasteiger partial charge in [-0.15, -0.1) is 5.26 Å². The summed E-state index contributed by atoms with van der Waals surface area (Å²) >= 11 is 0. The van der Waals surface area contributed by atoms with Crippen LogP contribution in [0.3, 0.4) is 0 Å². The summed E-state index contributed by atoms with van der Waals surface area (Å²) in [5, 5.41) is 8.23. The van der Waals surface area contributed by atoms with Crippen LogP contribution in [0, 0.1) is 25.4 Å². The lowest BCUT2D eigenvalue weighted by Crippen LogP contribution is -1.82. The first kappa shape index (κ1) is 19.9. The number of aliphatic imine (C=N–C) groups is 3. The van der Waals surface area contributed by atoms with Crippen molar-refractivity contribution in [2.75, 3.05) is 0 Å². The molecule has 2 rings (SSSR count). The Morgan fingerprint density at radius 2 is 1.38 bits per heavy atom. The van der Waals surface area contributed by atoms with Crippen LogP contribution >= 0.6 is 0 Å². The summed E-state index contributed by atoms with van der Waals surface area (Å²) in [6.45, 7) is 3.51. The van der Waals surface area contributed by atoms with Gasteiger partial charge in [0.05, 0.1) is 17.1 Å². The molecule has 0 aliphatic carbocycles. The predicted molar refractivity (Wildman–Crippen MR) is 91.9 cm³/mol. The van der Waals surface area contributed by atoms with Crippen LogP contribution < -0.4 is 4.74 Å². The molecule has 0 heterocycles. The van der Waals surface area contributed by atoms with Crippen molar-refractivity contribution in [3.63, 3.8) is 0 Å². The Morgan fingerprint density at radius 3 is 1.88 bits per heavy atom. The zero-order valence-electron chi connectivity index (χ0n) is 13.9. The monoisotopic (exact) mass is 348 g/mol. The first-order valence-corrected chi connectivity index (χ1v) is 7.07. The molecule has 0 aliphatic heterocycles. The molecule has 0 N–H and O–H groups in total. The van der Waals surface area contributed by atoms with Gasteiger partial charge in [0.1, 0.15) is 5.75 Å². The van der Waals surface area contributed by atoms with E-state index in [1.807, 2.05) is 0 Å². The third-order valence-corrected chi connectivity index (χ3v) is 3.12. The van der Waals surface area contributed by atoms with Crippen LogP contribution in [0.15, 0.2) is 51.4 Å². The Kier molecular flexibility index (Phi) is 8.13. The van der Waals surface area contributed by atoms with Crippen molar-refractivity contribution >= 4 is 35.3 Å². The number of benzene rings is 2. The zero-order chi connectivity index (χ0) is 19.4. The summed E-state index contributed by atoms with van der Waals surface area (Å²) in [5.41, 5.74) is 2.88. The minimum atomic E-state index is 0.363. The molecule has 0 unspecified atom stereocenters. The lowest BCUT2D eigenvalue weighted by Gasteiger charge is -1.99. The first-order valence-electron chi connectivity index (χ1n) is 7.07. The maximum Gasteiger partial charge on any atom is 0.292 e. The smallest absolute Gasteiger partial charge is 0.292 e. The Morgan fingerprint density at radius 1 is 0.846 bits per heavy atom. The van der Waals surface area contributed by atoms with Crippen LogP contribution in [-0.4, -0.2) is 18.2 Å². The lowest BCUT2D eigenvalue weighted by atomic mass is 10.1. The van der Waals surface area contributed by atoms with Gasteiger partial charge in [-0.3, -0.25) is 0 Å². The molecule has 0 aliphatic rings. The van der Waals surface area contributed by atoms with Gasteiger partial charge in [-0.1, -0.05) is 12.1 Å². The number of ether oxygens (including phenoxy) is 1. The van der Waals surface area contributed by atoms with Gasteiger partial charge >= 0.3 is 0 Å². The van der Waals surface area contributed by atoms with Crippen molar-refractivity contribution in [1.82, 2.24) is 0 Å². The normalized spacial score (nSPS) is 8.35. The van der Waals surface area contributed by atoms with Gasteiger partial charge in [-0.25, -0.2) is 14.4 Å². The number of carbonyl (C=O) groups excluding carboxylic acids is 3. The van der Waals surface area contributed by atoms with Gasteiger partial charge in [0.25, 0.3) is 6.26 Å². The highest BCUT2D eigenvalue weighted by Crippen LogP contribution is 2.27. The van der Waals surface area contributed by atoms with Crippen LogP contribution in [0.2, 0.25) is 0 Å². The fourth-order valence-corrected chi connectivity index (χ4v) is 1.83. The maximum atomic E-state index is 10.00. The highest BCUT2D eigenvalue weighted by atomic mass is 16.5. The quantitative estimate of drug-likeness (QED) is 0.473. The Bertz CT molecular complexity index is 939. The maximum absolute atomic E-state index is 10.00. The highest BCUT2D eigenvalue weighted by Gasteiger charge is 2.01. The average molecular weight is 348 g/mol. The molecule has 8 heteroatoms. The van der Waals surface area contributed by atoms with Crippen LogP contribution in [0.1, 0.15) is 11.1 Å². The molecule has 2 aromatic rings. The summed E-state index contributed by atoms with van der Waals surface area (Å²) in [4.78, 5) is 40.4. The fourth-order valence-electron chi connectivity index (χ4n) is 1.83. The largest absolute Gasteiger partial charge is 0.388 e. The van der Waals surface area contributed by atoms with E-state index in [9.17, 15) is 14.4 Å². The highest BCUT2D eigenvalue weighted by molar-refractivity contribution is 5.64. The Balaban J connectivity index is 0.000000260.